The van der Waals surface area contributed by atoms with E-state index in [9.17, 15) is 9.59 Å². The standard InChI is InChI=1S/C23H26O3/c1-2-3-4-5-6-7-10-16-26-20-15-11-14-19-21(20)23(25)18-13-9-8-12-17(18)22(19)24/h8-9,11-15H,2-7,10,16H2,1H3. The molecule has 26 heavy (non-hydrogen) atoms. The molecule has 0 aliphatic heterocycles. The molecule has 0 heterocycles. The van der Waals surface area contributed by atoms with E-state index >= 15 is 0 Å². The predicted molar refractivity (Wildman–Crippen MR) is 103 cm³/mol. The number of hydrogen-bond donors (Lipinski definition) is 0. The summed E-state index contributed by atoms with van der Waals surface area (Å²) in [5.74, 6) is 0.309. The third kappa shape index (κ3) is 3.87. The average Bonchev–Trinajstić information content (AvgIpc) is 2.68. The van der Waals surface area contributed by atoms with E-state index in [0.717, 1.165) is 12.8 Å². The number of fused-ring (bicyclic) bond motifs is 2. The van der Waals surface area contributed by atoms with Gasteiger partial charge in [-0.1, -0.05) is 81.8 Å². The summed E-state index contributed by atoms with van der Waals surface area (Å²) >= 11 is 0. The van der Waals surface area contributed by atoms with E-state index in [1.165, 1.54) is 32.1 Å². The Morgan fingerprint density at radius 3 is 2.04 bits per heavy atom. The van der Waals surface area contributed by atoms with Gasteiger partial charge in [-0.05, 0) is 12.5 Å². The van der Waals surface area contributed by atoms with Crippen LogP contribution in [-0.4, -0.2) is 18.2 Å². The number of benzene rings is 2. The lowest BCUT2D eigenvalue weighted by molar-refractivity contribution is 0.0975. The topological polar surface area (TPSA) is 43.4 Å². The van der Waals surface area contributed by atoms with Gasteiger partial charge in [-0.25, -0.2) is 0 Å². The van der Waals surface area contributed by atoms with Gasteiger partial charge >= 0.3 is 0 Å². The van der Waals surface area contributed by atoms with Crippen LogP contribution in [-0.2, 0) is 0 Å². The number of hydrogen-bond acceptors (Lipinski definition) is 3. The van der Waals surface area contributed by atoms with Gasteiger partial charge in [-0.2, -0.15) is 0 Å². The number of ether oxygens (including phenoxy) is 1. The van der Waals surface area contributed by atoms with Crippen molar-refractivity contribution < 1.29 is 14.3 Å². The summed E-state index contributed by atoms with van der Waals surface area (Å²) in [4.78, 5) is 25.6. The van der Waals surface area contributed by atoms with Gasteiger partial charge in [0.2, 0.25) is 0 Å². The second-order valence-electron chi connectivity index (χ2n) is 6.85. The summed E-state index contributed by atoms with van der Waals surface area (Å²) < 4.78 is 5.89. The first-order valence-electron chi connectivity index (χ1n) is 9.68. The Morgan fingerprint density at radius 2 is 1.31 bits per heavy atom. The molecular weight excluding hydrogens is 324 g/mol. The molecule has 2 aromatic rings. The molecule has 0 amide bonds. The highest BCUT2D eigenvalue weighted by Gasteiger charge is 2.31. The smallest absolute Gasteiger partial charge is 0.198 e. The zero-order valence-corrected chi connectivity index (χ0v) is 15.4. The van der Waals surface area contributed by atoms with Gasteiger partial charge in [0.1, 0.15) is 5.75 Å². The van der Waals surface area contributed by atoms with Crippen LogP contribution >= 0.6 is 0 Å². The van der Waals surface area contributed by atoms with Crippen molar-refractivity contribution in [3.8, 4) is 5.75 Å². The lowest BCUT2D eigenvalue weighted by Gasteiger charge is -2.20. The molecule has 0 unspecified atom stereocenters. The molecule has 0 spiro atoms. The molecule has 0 aromatic heterocycles. The van der Waals surface area contributed by atoms with Crippen LogP contribution in [0.5, 0.6) is 5.75 Å². The van der Waals surface area contributed by atoms with Crippen LogP contribution in [0.2, 0.25) is 0 Å². The molecule has 1 aliphatic carbocycles. The summed E-state index contributed by atoms with van der Waals surface area (Å²) in [5, 5.41) is 0. The van der Waals surface area contributed by atoms with E-state index in [1.54, 1.807) is 42.5 Å². The van der Waals surface area contributed by atoms with Crippen LogP contribution in [0, 0.1) is 0 Å². The maximum absolute atomic E-state index is 12.9. The normalized spacial score (nSPS) is 12.7. The minimum Gasteiger partial charge on any atom is -0.493 e. The fourth-order valence-electron chi connectivity index (χ4n) is 3.48. The van der Waals surface area contributed by atoms with Gasteiger partial charge in [0, 0.05) is 16.7 Å². The van der Waals surface area contributed by atoms with Crippen LogP contribution in [0.4, 0.5) is 0 Å². The Morgan fingerprint density at radius 1 is 0.692 bits per heavy atom. The quantitative estimate of drug-likeness (QED) is 0.472. The highest BCUT2D eigenvalue weighted by molar-refractivity contribution is 6.29. The lowest BCUT2D eigenvalue weighted by Crippen LogP contribution is -2.21. The van der Waals surface area contributed by atoms with Crippen molar-refractivity contribution in [3.63, 3.8) is 0 Å². The second kappa shape index (κ2) is 8.79. The molecule has 3 nitrogen and oxygen atoms in total. The molecule has 2 aromatic carbocycles. The average molecular weight is 350 g/mol. The van der Waals surface area contributed by atoms with Crippen LogP contribution in [0.3, 0.4) is 0 Å². The van der Waals surface area contributed by atoms with Gasteiger partial charge in [-0.3, -0.25) is 9.59 Å². The maximum atomic E-state index is 12.9. The number of rotatable bonds is 9. The number of ketones is 2. The van der Waals surface area contributed by atoms with Crippen LogP contribution < -0.4 is 4.74 Å². The van der Waals surface area contributed by atoms with E-state index in [2.05, 4.69) is 6.92 Å². The fraction of sp³-hybridized carbons (Fsp3) is 0.391. The summed E-state index contributed by atoms with van der Waals surface area (Å²) in [6, 6.07) is 12.3. The number of carbonyl (C=O) groups excluding carboxylic acids is 2. The van der Waals surface area contributed by atoms with Gasteiger partial charge in [0.25, 0.3) is 0 Å². The lowest BCUT2D eigenvalue weighted by atomic mass is 9.83. The van der Waals surface area contributed by atoms with E-state index < -0.39 is 0 Å². The first kappa shape index (κ1) is 18.4. The first-order chi connectivity index (χ1) is 12.7. The summed E-state index contributed by atoms with van der Waals surface area (Å²) in [7, 11) is 0. The van der Waals surface area contributed by atoms with E-state index in [4.69, 9.17) is 4.74 Å². The highest BCUT2D eigenvalue weighted by atomic mass is 16.5. The molecule has 0 bridgehead atoms. The Kier molecular flexibility index (Phi) is 6.21. The van der Waals surface area contributed by atoms with Gasteiger partial charge in [-0.15, -0.1) is 0 Å². The molecule has 136 valence electrons. The monoisotopic (exact) mass is 350 g/mol. The molecule has 0 atom stereocenters. The molecule has 0 saturated heterocycles. The second-order valence-corrected chi connectivity index (χ2v) is 6.85. The van der Waals surface area contributed by atoms with Crippen molar-refractivity contribution in [2.24, 2.45) is 0 Å². The minimum atomic E-state index is -0.120. The van der Waals surface area contributed by atoms with Crippen LogP contribution in [0.25, 0.3) is 0 Å². The van der Waals surface area contributed by atoms with Crippen molar-refractivity contribution in [2.75, 3.05) is 6.61 Å². The van der Waals surface area contributed by atoms with Crippen molar-refractivity contribution in [2.45, 2.75) is 51.9 Å². The molecular formula is C23H26O3. The third-order valence-corrected chi connectivity index (χ3v) is 4.92. The Labute approximate surface area is 155 Å². The SMILES string of the molecule is CCCCCCCCCOc1cccc2c1C(=O)c1ccccc1C2=O. The number of unbranched alkanes of at least 4 members (excludes halogenated alkanes) is 6. The molecule has 0 fully saturated rings. The van der Waals surface area contributed by atoms with Crippen molar-refractivity contribution in [1.82, 2.24) is 0 Å². The Balaban J connectivity index is 1.64. The molecule has 0 radical (unpaired) electrons. The Hall–Kier alpha value is -2.42. The van der Waals surface area contributed by atoms with Gasteiger partial charge in [0.15, 0.2) is 11.6 Å². The van der Waals surface area contributed by atoms with Crippen LogP contribution in [0.1, 0.15) is 83.7 Å². The zero-order valence-electron chi connectivity index (χ0n) is 15.4. The van der Waals surface area contributed by atoms with Crippen molar-refractivity contribution in [3.05, 3.63) is 64.7 Å². The van der Waals surface area contributed by atoms with E-state index in [1.807, 2.05) is 0 Å². The molecule has 3 heteroatoms. The van der Waals surface area contributed by atoms with Gasteiger partial charge in [0.05, 0.1) is 12.2 Å². The third-order valence-electron chi connectivity index (χ3n) is 4.92. The van der Waals surface area contributed by atoms with Crippen LogP contribution in [0.15, 0.2) is 42.5 Å². The summed E-state index contributed by atoms with van der Waals surface area (Å²) in [5.41, 5.74) is 1.82. The van der Waals surface area contributed by atoms with E-state index in [0.29, 0.717) is 34.6 Å². The first-order valence-corrected chi connectivity index (χ1v) is 9.68. The molecule has 0 N–H and O–H groups in total. The largest absolute Gasteiger partial charge is 0.493 e. The minimum absolute atomic E-state index is 0.100. The fourth-order valence-corrected chi connectivity index (χ4v) is 3.48. The van der Waals surface area contributed by atoms with Gasteiger partial charge < -0.3 is 4.74 Å². The summed E-state index contributed by atoms with van der Waals surface area (Å²) in [6.07, 6.45) is 8.48. The molecule has 1 aliphatic rings. The number of carbonyl (C=O) groups is 2. The van der Waals surface area contributed by atoms with E-state index in [-0.39, 0.29) is 11.6 Å². The highest BCUT2D eigenvalue weighted by Crippen LogP contribution is 2.33. The predicted octanol–water partition coefficient (Wildman–Crippen LogP) is 5.59. The maximum Gasteiger partial charge on any atom is 0.198 e. The van der Waals surface area contributed by atoms with Crippen molar-refractivity contribution in [1.29, 1.82) is 0 Å². The zero-order chi connectivity index (χ0) is 18.4. The Bertz CT molecular complexity index is 792. The van der Waals surface area contributed by atoms with Crippen molar-refractivity contribution >= 4 is 11.6 Å². The summed E-state index contributed by atoms with van der Waals surface area (Å²) in [6.45, 7) is 2.80. The molecule has 3 rings (SSSR count). The molecule has 0 saturated carbocycles.